The van der Waals surface area contributed by atoms with Crippen molar-refractivity contribution in [2.45, 2.75) is 39.2 Å². The summed E-state index contributed by atoms with van der Waals surface area (Å²) in [6.45, 7) is 3.75. The van der Waals surface area contributed by atoms with Gasteiger partial charge in [0.2, 0.25) is 0 Å². The number of ether oxygens (including phenoxy) is 2. The summed E-state index contributed by atoms with van der Waals surface area (Å²) in [5.41, 5.74) is 0.704. The van der Waals surface area contributed by atoms with E-state index in [9.17, 15) is 9.59 Å². The molecule has 2 heterocycles. The van der Waals surface area contributed by atoms with Crippen molar-refractivity contribution in [1.29, 1.82) is 0 Å². The van der Waals surface area contributed by atoms with Gasteiger partial charge in [-0.05, 0) is 6.42 Å². The zero-order chi connectivity index (χ0) is 13.8. The molecule has 19 heavy (non-hydrogen) atoms. The zero-order valence-electron chi connectivity index (χ0n) is 11.0. The van der Waals surface area contributed by atoms with Crippen molar-refractivity contribution in [3.63, 3.8) is 0 Å². The molecule has 1 aliphatic heterocycles. The summed E-state index contributed by atoms with van der Waals surface area (Å²) in [7, 11) is 0. The first kappa shape index (κ1) is 13.7. The molecule has 1 fully saturated rings. The molecule has 0 spiro atoms. The van der Waals surface area contributed by atoms with Crippen molar-refractivity contribution in [2.75, 3.05) is 6.61 Å². The number of hydrogen-bond acceptors (Lipinski definition) is 6. The molecule has 0 N–H and O–H groups in total. The van der Waals surface area contributed by atoms with Crippen molar-refractivity contribution in [3.8, 4) is 0 Å². The number of rotatable bonds is 4. The van der Waals surface area contributed by atoms with E-state index in [-0.39, 0.29) is 18.4 Å². The monoisotopic (exact) mass is 267 g/mol. The van der Waals surface area contributed by atoms with Crippen molar-refractivity contribution in [3.05, 3.63) is 17.5 Å². The maximum Gasteiger partial charge on any atom is 0.313 e. The highest BCUT2D eigenvalue weighted by molar-refractivity contribution is 5.84. The molecule has 1 aliphatic rings. The van der Waals surface area contributed by atoms with Crippen molar-refractivity contribution < 1.29 is 23.6 Å². The number of nitrogens with zero attached hydrogens (tertiary/aromatic N) is 1. The standard InChI is InChI=1S/C13H17NO5/c1-3-10-7-11(14-19-10)13-9(4-5-17-13)6-12(16)18-8(2)15/h7,9,13H,3-6H2,1-2H3. The number of carbonyl (C=O) groups excluding carboxylic acids is 2. The van der Waals surface area contributed by atoms with Gasteiger partial charge in [0, 0.05) is 31.9 Å². The van der Waals surface area contributed by atoms with Crippen LogP contribution in [-0.4, -0.2) is 23.7 Å². The first-order valence-corrected chi connectivity index (χ1v) is 6.38. The fourth-order valence-electron chi connectivity index (χ4n) is 2.22. The number of hydrogen-bond donors (Lipinski definition) is 0. The van der Waals surface area contributed by atoms with Crippen LogP contribution < -0.4 is 0 Å². The van der Waals surface area contributed by atoms with Crippen LogP contribution in [0.2, 0.25) is 0 Å². The highest BCUT2D eigenvalue weighted by atomic mass is 16.6. The van der Waals surface area contributed by atoms with Crippen molar-refractivity contribution in [2.24, 2.45) is 5.92 Å². The Morgan fingerprint density at radius 1 is 1.53 bits per heavy atom. The predicted molar refractivity (Wildman–Crippen MR) is 64.1 cm³/mol. The van der Waals surface area contributed by atoms with Crippen LogP contribution in [0.25, 0.3) is 0 Å². The van der Waals surface area contributed by atoms with E-state index in [4.69, 9.17) is 9.26 Å². The third-order valence-electron chi connectivity index (χ3n) is 3.12. The van der Waals surface area contributed by atoms with Crippen LogP contribution in [0, 0.1) is 5.92 Å². The quantitative estimate of drug-likeness (QED) is 0.611. The highest BCUT2D eigenvalue weighted by Crippen LogP contribution is 2.36. The Kier molecular flexibility index (Phi) is 4.31. The second-order valence-corrected chi connectivity index (χ2v) is 4.58. The van der Waals surface area contributed by atoms with Crippen LogP contribution in [-0.2, 0) is 25.5 Å². The average Bonchev–Trinajstić information content (AvgIpc) is 2.95. The number of esters is 2. The molecule has 1 aromatic rings. The molecule has 2 unspecified atom stereocenters. The van der Waals surface area contributed by atoms with Gasteiger partial charge in [0.15, 0.2) is 0 Å². The van der Waals surface area contributed by atoms with Crippen LogP contribution in [0.4, 0.5) is 0 Å². The summed E-state index contributed by atoms with van der Waals surface area (Å²) in [5.74, 6) is -0.348. The van der Waals surface area contributed by atoms with Gasteiger partial charge >= 0.3 is 11.9 Å². The third kappa shape index (κ3) is 3.41. The minimum Gasteiger partial charge on any atom is -0.393 e. The van der Waals surface area contributed by atoms with Gasteiger partial charge in [-0.15, -0.1) is 0 Å². The fraction of sp³-hybridized carbons (Fsp3) is 0.615. The van der Waals surface area contributed by atoms with Crippen molar-refractivity contribution in [1.82, 2.24) is 5.16 Å². The van der Waals surface area contributed by atoms with E-state index in [0.717, 1.165) is 18.6 Å². The largest absolute Gasteiger partial charge is 0.393 e. The summed E-state index contributed by atoms with van der Waals surface area (Å²) < 4.78 is 15.3. The lowest BCUT2D eigenvalue weighted by Crippen LogP contribution is -2.17. The minimum absolute atomic E-state index is 0.0262. The lowest BCUT2D eigenvalue weighted by molar-refractivity contribution is -0.159. The summed E-state index contributed by atoms with van der Waals surface area (Å²) in [5, 5.41) is 3.97. The minimum atomic E-state index is -0.588. The maximum absolute atomic E-state index is 11.5. The van der Waals surface area contributed by atoms with Gasteiger partial charge in [0.05, 0.1) is 6.42 Å². The Hall–Kier alpha value is -1.69. The second kappa shape index (κ2) is 5.97. The average molecular weight is 267 g/mol. The molecule has 6 heteroatoms. The van der Waals surface area contributed by atoms with Crippen LogP contribution in [0.5, 0.6) is 0 Å². The zero-order valence-corrected chi connectivity index (χ0v) is 11.0. The fourth-order valence-corrected chi connectivity index (χ4v) is 2.22. The first-order chi connectivity index (χ1) is 9.10. The van der Waals surface area contributed by atoms with Gasteiger partial charge in [-0.2, -0.15) is 0 Å². The molecule has 0 bridgehead atoms. The van der Waals surface area contributed by atoms with Crippen LogP contribution in [0.15, 0.2) is 10.6 Å². The number of carbonyl (C=O) groups is 2. The number of aryl methyl sites for hydroxylation is 1. The number of aromatic nitrogens is 1. The molecule has 6 nitrogen and oxygen atoms in total. The lowest BCUT2D eigenvalue weighted by Gasteiger charge is -2.14. The van der Waals surface area contributed by atoms with Gasteiger partial charge < -0.3 is 14.0 Å². The van der Waals surface area contributed by atoms with Crippen LogP contribution in [0.3, 0.4) is 0 Å². The SMILES string of the molecule is CCc1cc(C2OCCC2CC(=O)OC(C)=O)no1. The van der Waals surface area contributed by atoms with Gasteiger partial charge in [-0.1, -0.05) is 12.1 Å². The summed E-state index contributed by atoms with van der Waals surface area (Å²) in [6.07, 6.45) is 1.39. The molecule has 0 aromatic carbocycles. The Labute approximate surface area is 111 Å². The van der Waals surface area contributed by atoms with E-state index in [0.29, 0.717) is 12.3 Å². The molecule has 0 aliphatic carbocycles. The van der Waals surface area contributed by atoms with E-state index in [2.05, 4.69) is 9.89 Å². The highest BCUT2D eigenvalue weighted by Gasteiger charge is 2.34. The summed E-state index contributed by atoms with van der Waals surface area (Å²) >= 11 is 0. The van der Waals surface area contributed by atoms with E-state index in [1.807, 2.05) is 13.0 Å². The maximum atomic E-state index is 11.5. The summed E-state index contributed by atoms with van der Waals surface area (Å²) in [4.78, 5) is 22.2. The molecule has 2 rings (SSSR count). The molecule has 0 saturated carbocycles. The van der Waals surface area contributed by atoms with E-state index < -0.39 is 11.9 Å². The van der Waals surface area contributed by atoms with E-state index in [1.165, 1.54) is 6.92 Å². The van der Waals surface area contributed by atoms with Crippen LogP contribution in [0.1, 0.15) is 44.2 Å². The van der Waals surface area contributed by atoms with Crippen molar-refractivity contribution >= 4 is 11.9 Å². The molecular weight excluding hydrogens is 250 g/mol. The predicted octanol–water partition coefficient (Wildman–Crippen LogP) is 1.79. The Morgan fingerprint density at radius 3 is 2.95 bits per heavy atom. The van der Waals surface area contributed by atoms with Gasteiger partial charge in [-0.25, -0.2) is 0 Å². The Bertz CT molecular complexity index is 467. The molecule has 1 saturated heterocycles. The third-order valence-corrected chi connectivity index (χ3v) is 3.12. The molecule has 2 atom stereocenters. The van der Waals surface area contributed by atoms with Crippen LogP contribution >= 0.6 is 0 Å². The first-order valence-electron chi connectivity index (χ1n) is 6.38. The van der Waals surface area contributed by atoms with Gasteiger partial charge in [0.1, 0.15) is 17.6 Å². The topological polar surface area (TPSA) is 78.6 Å². The van der Waals surface area contributed by atoms with Gasteiger partial charge in [-0.3, -0.25) is 9.59 Å². The Balaban J connectivity index is 2.00. The molecular formula is C13H17NO5. The summed E-state index contributed by atoms with van der Waals surface area (Å²) in [6, 6.07) is 1.85. The second-order valence-electron chi connectivity index (χ2n) is 4.58. The van der Waals surface area contributed by atoms with E-state index in [1.54, 1.807) is 0 Å². The molecule has 0 amide bonds. The molecule has 1 aromatic heterocycles. The lowest BCUT2D eigenvalue weighted by atomic mass is 9.95. The van der Waals surface area contributed by atoms with E-state index >= 15 is 0 Å². The molecule has 104 valence electrons. The molecule has 0 radical (unpaired) electrons. The normalized spacial score (nSPS) is 22.4. The smallest absolute Gasteiger partial charge is 0.313 e. The van der Waals surface area contributed by atoms with Gasteiger partial charge in [0.25, 0.3) is 0 Å². The Morgan fingerprint density at radius 2 is 2.32 bits per heavy atom.